The molecule has 2 N–H and O–H groups in total. The van der Waals surface area contributed by atoms with Crippen LogP contribution in [0.2, 0.25) is 0 Å². The van der Waals surface area contributed by atoms with Crippen molar-refractivity contribution in [2.24, 2.45) is 0 Å². The Labute approximate surface area is 215 Å². The highest BCUT2D eigenvalue weighted by atomic mass is 16.5. The van der Waals surface area contributed by atoms with Gasteiger partial charge in [0.1, 0.15) is 23.9 Å². The summed E-state index contributed by atoms with van der Waals surface area (Å²) in [4.78, 5) is 2.48. The van der Waals surface area contributed by atoms with E-state index in [4.69, 9.17) is 4.74 Å². The fraction of sp³-hybridized carbons (Fsp3) is 0.375. The number of ether oxygens (including phenoxy) is 1. The molecule has 1 aliphatic heterocycles. The van der Waals surface area contributed by atoms with Crippen molar-refractivity contribution in [1.82, 2.24) is 4.90 Å². The molecule has 190 valence electrons. The second-order valence-corrected chi connectivity index (χ2v) is 9.62. The molecule has 0 atom stereocenters. The van der Waals surface area contributed by atoms with Crippen LogP contribution < -0.4 is 4.74 Å². The summed E-state index contributed by atoms with van der Waals surface area (Å²) in [6.07, 6.45) is 7.99. The number of allylic oxidation sites excluding steroid dienone is 1. The van der Waals surface area contributed by atoms with Crippen molar-refractivity contribution in [3.05, 3.63) is 89.5 Å². The zero-order chi connectivity index (χ0) is 25.2. The van der Waals surface area contributed by atoms with Crippen LogP contribution in [0.5, 0.6) is 17.2 Å². The summed E-state index contributed by atoms with van der Waals surface area (Å²) in [5.41, 5.74) is 4.48. The fourth-order valence-corrected chi connectivity index (χ4v) is 5.05. The van der Waals surface area contributed by atoms with Crippen LogP contribution in [0.15, 0.2) is 72.8 Å². The van der Waals surface area contributed by atoms with E-state index < -0.39 is 0 Å². The molecule has 3 aromatic carbocycles. The number of para-hydroxylation sites is 2. The quantitative estimate of drug-likeness (QED) is 0.218. The second-order valence-electron chi connectivity index (χ2n) is 9.62. The van der Waals surface area contributed by atoms with E-state index in [-0.39, 0.29) is 11.5 Å². The van der Waals surface area contributed by atoms with E-state index in [9.17, 15) is 10.2 Å². The number of hydrogen-bond donors (Lipinski definition) is 2. The van der Waals surface area contributed by atoms with Gasteiger partial charge in [-0.25, -0.2) is 0 Å². The average molecular weight is 486 g/mol. The van der Waals surface area contributed by atoms with Gasteiger partial charge < -0.3 is 14.9 Å². The molecule has 0 aromatic heterocycles. The molecule has 4 nitrogen and oxygen atoms in total. The average Bonchev–Trinajstić information content (AvgIpc) is 2.91. The summed E-state index contributed by atoms with van der Waals surface area (Å²) in [6.45, 7) is 6.15. The van der Waals surface area contributed by atoms with Crippen molar-refractivity contribution in [1.29, 1.82) is 0 Å². The first kappa shape index (κ1) is 25.8. The Kier molecular flexibility index (Phi) is 9.46. The van der Waals surface area contributed by atoms with Crippen LogP contribution in [0.3, 0.4) is 0 Å². The number of likely N-dealkylation sites (tertiary alicyclic amines) is 1. The molecule has 0 aliphatic carbocycles. The molecule has 0 radical (unpaired) electrons. The van der Waals surface area contributed by atoms with Crippen molar-refractivity contribution in [2.75, 3.05) is 26.2 Å². The van der Waals surface area contributed by atoms with Crippen LogP contribution in [0.4, 0.5) is 0 Å². The Hall–Kier alpha value is -3.24. The highest BCUT2D eigenvalue weighted by Gasteiger charge is 2.19. The first-order valence-corrected chi connectivity index (χ1v) is 13.4. The summed E-state index contributed by atoms with van der Waals surface area (Å²) < 4.78 is 6.20. The number of benzene rings is 3. The van der Waals surface area contributed by atoms with E-state index in [2.05, 4.69) is 24.0 Å². The van der Waals surface area contributed by atoms with Crippen molar-refractivity contribution in [3.8, 4) is 17.2 Å². The number of rotatable bonds is 11. The zero-order valence-electron chi connectivity index (χ0n) is 21.5. The third kappa shape index (κ3) is 6.70. The molecule has 1 aliphatic rings. The number of phenols is 2. The molecule has 0 bridgehead atoms. The minimum absolute atomic E-state index is 0.206. The molecule has 4 rings (SSSR count). The van der Waals surface area contributed by atoms with E-state index in [1.807, 2.05) is 48.5 Å². The molecular formula is C32H39NO3. The topological polar surface area (TPSA) is 52.9 Å². The maximum atomic E-state index is 10.8. The standard InChI is InChI=1S/C32H39NO3/c1-2-3-5-15-27(25-13-12-14-26(24-25)36-23-22-33-20-10-4-11-21-33)32(28-16-6-8-18-30(28)34)29-17-7-9-19-31(29)35/h6-9,12-14,16-19,24,34-35H,2-5,10-11,15,20-23H2,1H3. The summed E-state index contributed by atoms with van der Waals surface area (Å²) >= 11 is 0. The third-order valence-corrected chi connectivity index (χ3v) is 6.99. The molecule has 3 aromatic rings. The lowest BCUT2D eigenvalue weighted by atomic mass is 9.86. The first-order valence-electron chi connectivity index (χ1n) is 13.4. The van der Waals surface area contributed by atoms with E-state index in [1.54, 1.807) is 12.1 Å². The lowest BCUT2D eigenvalue weighted by Gasteiger charge is -2.26. The minimum Gasteiger partial charge on any atom is -0.507 e. The van der Waals surface area contributed by atoms with Gasteiger partial charge in [-0.2, -0.15) is 0 Å². The van der Waals surface area contributed by atoms with Crippen LogP contribution >= 0.6 is 0 Å². The first-order chi connectivity index (χ1) is 17.7. The molecular weight excluding hydrogens is 446 g/mol. The maximum absolute atomic E-state index is 10.8. The van der Waals surface area contributed by atoms with E-state index in [0.29, 0.717) is 6.61 Å². The smallest absolute Gasteiger partial charge is 0.123 e. The maximum Gasteiger partial charge on any atom is 0.123 e. The lowest BCUT2D eigenvalue weighted by Crippen LogP contribution is -2.33. The molecule has 1 heterocycles. The molecule has 0 unspecified atom stereocenters. The van der Waals surface area contributed by atoms with Crippen molar-refractivity contribution >= 4 is 11.1 Å². The summed E-state index contributed by atoms with van der Waals surface area (Å²) in [6, 6.07) is 23.1. The third-order valence-electron chi connectivity index (χ3n) is 6.99. The van der Waals surface area contributed by atoms with Gasteiger partial charge in [-0.05, 0) is 74.2 Å². The normalized spacial score (nSPS) is 13.9. The van der Waals surface area contributed by atoms with Crippen LogP contribution in [-0.2, 0) is 0 Å². The number of phenolic OH excluding ortho intramolecular Hbond substituents is 2. The number of nitrogens with zero attached hydrogens (tertiary/aromatic N) is 1. The van der Waals surface area contributed by atoms with Crippen LogP contribution in [-0.4, -0.2) is 41.4 Å². The SMILES string of the molecule is CCCCCC(=C(c1ccccc1O)c1ccccc1O)c1cccc(OCCN2CCCCC2)c1. The fourth-order valence-electron chi connectivity index (χ4n) is 5.05. The van der Waals surface area contributed by atoms with E-state index in [1.165, 1.54) is 19.3 Å². The minimum atomic E-state index is 0.206. The molecule has 1 saturated heterocycles. The van der Waals surface area contributed by atoms with Crippen LogP contribution in [0, 0.1) is 0 Å². The van der Waals surface area contributed by atoms with Gasteiger partial charge in [0.25, 0.3) is 0 Å². The number of unbranched alkanes of at least 4 members (excludes halogenated alkanes) is 2. The van der Waals surface area contributed by atoms with Gasteiger partial charge in [0.2, 0.25) is 0 Å². The Morgan fingerprint density at radius 3 is 2.11 bits per heavy atom. The van der Waals surface area contributed by atoms with Crippen LogP contribution in [0.25, 0.3) is 11.1 Å². The Morgan fingerprint density at radius 2 is 1.47 bits per heavy atom. The summed E-state index contributed by atoms with van der Waals surface area (Å²) in [5, 5.41) is 21.7. The lowest BCUT2D eigenvalue weighted by molar-refractivity contribution is 0.183. The van der Waals surface area contributed by atoms with Crippen molar-refractivity contribution < 1.29 is 14.9 Å². The predicted molar refractivity (Wildman–Crippen MR) is 148 cm³/mol. The van der Waals surface area contributed by atoms with Gasteiger partial charge in [0.15, 0.2) is 0 Å². The Bertz CT molecular complexity index is 1100. The zero-order valence-corrected chi connectivity index (χ0v) is 21.5. The van der Waals surface area contributed by atoms with E-state index >= 15 is 0 Å². The molecule has 0 spiro atoms. The van der Waals surface area contributed by atoms with Crippen molar-refractivity contribution in [2.45, 2.75) is 51.9 Å². The van der Waals surface area contributed by atoms with E-state index in [0.717, 1.165) is 78.9 Å². The predicted octanol–water partition coefficient (Wildman–Crippen LogP) is 7.50. The van der Waals surface area contributed by atoms with Gasteiger partial charge in [-0.3, -0.25) is 4.90 Å². The van der Waals surface area contributed by atoms with Gasteiger partial charge in [0, 0.05) is 23.2 Å². The van der Waals surface area contributed by atoms with Gasteiger partial charge in [0.05, 0.1) is 0 Å². The molecule has 0 amide bonds. The highest BCUT2D eigenvalue weighted by Crippen LogP contribution is 2.42. The van der Waals surface area contributed by atoms with Gasteiger partial charge >= 0.3 is 0 Å². The van der Waals surface area contributed by atoms with Crippen LogP contribution in [0.1, 0.15) is 68.6 Å². The Balaban J connectivity index is 1.73. The molecule has 1 fully saturated rings. The van der Waals surface area contributed by atoms with Crippen molar-refractivity contribution in [3.63, 3.8) is 0 Å². The monoisotopic (exact) mass is 485 g/mol. The Morgan fingerprint density at radius 1 is 0.806 bits per heavy atom. The summed E-state index contributed by atoms with van der Waals surface area (Å²) in [5.74, 6) is 1.27. The highest BCUT2D eigenvalue weighted by molar-refractivity contribution is 6.01. The molecule has 4 heteroatoms. The number of aromatic hydroxyl groups is 2. The summed E-state index contributed by atoms with van der Waals surface area (Å²) in [7, 11) is 0. The van der Waals surface area contributed by atoms with Gasteiger partial charge in [-0.1, -0.05) is 74.7 Å². The second kappa shape index (κ2) is 13.2. The van der Waals surface area contributed by atoms with Gasteiger partial charge in [-0.15, -0.1) is 0 Å². The number of piperidine rings is 1. The number of hydrogen-bond acceptors (Lipinski definition) is 4. The largest absolute Gasteiger partial charge is 0.507 e. The molecule has 36 heavy (non-hydrogen) atoms. The molecule has 0 saturated carbocycles.